The summed E-state index contributed by atoms with van der Waals surface area (Å²) >= 11 is 5.79. The van der Waals surface area contributed by atoms with Gasteiger partial charge in [-0.3, -0.25) is 4.79 Å². The second-order valence-corrected chi connectivity index (χ2v) is 6.33. The van der Waals surface area contributed by atoms with E-state index in [0.29, 0.717) is 30.4 Å². The predicted octanol–water partition coefficient (Wildman–Crippen LogP) is 2.58. The van der Waals surface area contributed by atoms with Crippen LogP contribution in [0.2, 0.25) is 5.02 Å². The van der Waals surface area contributed by atoms with Crippen molar-refractivity contribution in [1.29, 1.82) is 0 Å². The maximum Gasteiger partial charge on any atom is 0.251 e. The van der Waals surface area contributed by atoms with Crippen molar-refractivity contribution in [3.63, 3.8) is 0 Å². The molecule has 1 amide bonds. The molecule has 2 aromatic rings. The normalized spacial score (nSPS) is 19.6. The molecular weight excluding hydrogens is 347 g/mol. The first-order chi connectivity index (χ1) is 12.0. The minimum Gasteiger partial charge on any atom is -0.454 e. The average Bonchev–Trinajstić information content (AvgIpc) is 3.01. The molecule has 3 rings (SSSR count). The Morgan fingerprint density at radius 2 is 2.04 bits per heavy atom. The molecule has 1 heterocycles. The second kappa shape index (κ2) is 7.82. The minimum absolute atomic E-state index is 0.0225. The van der Waals surface area contributed by atoms with Crippen LogP contribution < -0.4 is 15.4 Å². The van der Waals surface area contributed by atoms with E-state index in [9.17, 15) is 14.3 Å². The first-order valence-electron chi connectivity index (χ1n) is 7.93. The number of hydrogen-bond acceptors (Lipinski definition) is 4. The topological polar surface area (TPSA) is 70.6 Å². The fraction of sp³-hybridized carbons (Fsp3) is 0.278. The Kier molecular flexibility index (Phi) is 5.53. The molecule has 1 saturated heterocycles. The van der Waals surface area contributed by atoms with Crippen LogP contribution in [0.4, 0.5) is 4.39 Å². The Morgan fingerprint density at radius 1 is 1.28 bits per heavy atom. The number of aliphatic hydroxyl groups excluding tert-OH is 1. The van der Waals surface area contributed by atoms with Crippen molar-refractivity contribution < 1.29 is 19.0 Å². The third-order valence-electron chi connectivity index (χ3n) is 4.06. The summed E-state index contributed by atoms with van der Waals surface area (Å²) in [5.41, 5.74) is 0.196. The maximum absolute atomic E-state index is 14.2. The van der Waals surface area contributed by atoms with Gasteiger partial charge in [0.2, 0.25) is 0 Å². The molecule has 0 aromatic heterocycles. The highest BCUT2D eigenvalue weighted by Crippen LogP contribution is 2.26. The third-order valence-corrected chi connectivity index (χ3v) is 4.32. The molecule has 1 fully saturated rings. The number of halogens is 2. The quantitative estimate of drug-likeness (QED) is 0.762. The second-order valence-electron chi connectivity index (χ2n) is 5.90. The molecule has 0 saturated carbocycles. The smallest absolute Gasteiger partial charge is 0.251 e. The van der Waals surface area contributed by atoms with Gasteiger partial charge in [-0.05, 0) is 42.5 Å². The van der Waals surface area contributed by atoms with Gasteiger partial charge in [-0.2, -0.15) is 0 Å². The van der Waals surface area contributed by atoms with Crippen molar-refractivity contribution in [3.05, 3.63) is 58.9 Å². The molecular formula is C18H18ClFN2O3. The van der Waals surface area contributed by atoms with Crippen LogP contribution in [0.15, 0.2) is 42.5 Å². The molecule has 0 bridgehead atoms. The summed E-state index contributed by atoms with van der Waals surface area (Å²) in [7, 11) is 0. The van der Waals surface area contributed by atoms with Crippen LogP contribution in [0, 0.1) is 11.7 Å². The highest BCUT2D eigenvalue weighted by atomic mass is 35.5. The van der Waals surface area contributed by atoms with Crippen molar-refractivity contribution >= 4 is 17.5 Å². The summed E-state index contributed by atoms with van der Waals surface area (Å²) in [4.78, 5) is 12.1. The van der Waals surface area contributed by atoms with Gasteiger partial charge >= 0.3 is 0 Å². The van der Waals surface area contributed by atoms with E-state index in [1.807, 2.05) is 0 Å². The van der Waals surface area contributed by atoms with E-state index >= 15 is 0 Å². The summed E-state index contributed by atoms with van der Waals surface area (Å²) in [5.74, 6) is -0.597. The number of benzene rings is 2. The zero-order valence-corrected chi connectivity index (χ0v) is 14.1. The third kappa shape index (κ3) is 4.48. The first-order valence-corrected chi connectivity index (χ1v) is 8.30. The molecule has 3 N–H and O–H groups in total. The number of amides is 1. The van der Waals surface area contributed by atoms with Crippen LogP contribution >= 0.6 is 11.6 Å². The Labute approximate surface area is 149 Å². The summed E-state index contributed by atoms with van der Waals surface area (Å²) < 4.78 is 19.6. The molecule has 7 heteroatoms. The van der Waals surface area contributed by atoms with Crippen molar-refractivity contribution in [3.8, 4) is 11.5 Å². The number of ether oxygens (including phenoxy) is 1. The summed E-state index contributed by atoms with van der Waals surface area (Å²) in [6, 6.07) is 10.6. The van der Waals surface area contributed by atoms with Crippen LogP contribution in [0.25, 0.3) is 0 Å². The van der Waals surface area contributed by atoms with Crippen LogP contribution in [-0.4, -0.2) is 36.8 Å². The van der Waals surface area contributed by atoms with Gasteiger partial charge in [-0.25, -0.2) is 4.39 Å². The van der Waals surface area contributed by atoms with Crippen molar-refractivity contribution in [1.82, 2.24) is 10.6 Å². The first kappa shape index (κ1) is 17.7. The van der Waals surface area contributed by atoms with E-state index in [0.717, 1.165) is 6.07 Å². The van der Waals surface area contributed by atoms with Crippen LogP contribution in [-0.2, 0) is 0 Å². The van der Waals surface area contributed by atoms with Gasteiger partial charge in [-0.15, -0.1) is 0 Å². The number of carbonyl (C=O) groups is 1. The number of carbonyl (C=O) groups excluding carboxylic acids is 1. The number of aliphatic hydroxyl groups is 1. The van der Waals surface area contributed by atoms with Crippen LogP contribution in [0.5, 0.6) is 11.5 Å². The molecule has 2 unspecified atom stereocenters. The lowest BCUT2D eigenvalue weighted by Gasteiger charge is -2.14. The molecule has 0 aliphatic carbocycles. The Balaban J connectivity index is 1.62. The van der Waals surface area contributed by atoms with Crippen molar-refractivity contribution in [2.24, 2.45) is 5.92 Å². The van der Waals surface area contributed by atoms with Crippen LogP contribution in [0.1, 0.15) is 10.4 Å². The lowest BCUT2D eigenvalue weighted by Crippen LogP contribution is -2.34. The average molecular weight is 365 g/mol. The summed E-state index contributed by atoms with van der Waals surface area (Å²) in [6.45, 7) is 1.49. The molecule has 0 radical (unpaired) electrons. The fourth-order valence-electron chi connectivity index (χ4n) is 2.61. The largest absolute Gasteiger partial charge is 0.454 e. The van der Waals surface area contributed by atoms with Crippen LogP contribution in [0.3, 0.4) is 0 Å². The molecule has 1 aliphatic heterocycles. The zero-order valence-electron chi connectivity index (χ0n) is 13.3. The molecule has 5 nitrogen and oxygen atoms in total. The van der Waals surface area contributed by atoms with E-state index in [1.54, 1.807) is 24.3 Å². The zero-order chi connectivity index (χ0) is 17.8. The lowest BCUT2D eigenvalue weighted by molar-refractivity contribution is 0.0926. The summed E-state index contributed by atoms with van der Waals surface area (Å²) in [5, 5.41) is 16.0. The fourth-order valence-corrected chi connectivity index (χ4v) is 2.73. The van der Waals surface area contributed by atoms with Gasteiger partial charge in [0.05, 0.1) is 6.10 Å². The Bertz CT molecular complexity index is 754. The molecule has 1 aliphatic rings. The molecule has 25 heavy (non-hydrogen) atoms. The maximum atomic E-state index is 14.2. The van der Waals surface area contributed by atoms with Gasteiger partial charge in [0.25, 0.3) is 5.91 Å². The van der Waals surface area contributed by atoms with E-state index in [4.69, 9.17) is 16.3 Å². The summed E-state index contributed by atoms with van der Waals surface area (Å²) in [6.07, 6.45) is -0.479. The lowest BCUT2D eigenvalue weighted by atomic mass is 10.1. The SMILES string of the molecule is O=C(NCC1CNCC1O)c1ccc(Oc2ccc(Cl)cc2)c(F)c1. The number of hydrogen-bond donors (Lipinski definition) is 3. The monoisotopic (exact) mass is 364 g/mol. The number of β-amino-alcohol motifs (C(OH)–C–C–N with tert-alkyl or cyclic N) is 1. The van der Waals surface area contributed by atoms with E-state index in [-0.39, 0.29) is 17.2 Å². The highest BCUT2D eigenvalue weighted by molar-refractivity contribution is 6.30. The van der Waals surface area contributed by atoms with Gasteiger partial charge < -0.3 is 20.5 Å². The van der Waals surface area contributed by atoms with E-state index in [2.05, 4.69) is 10.6 Å². The van der Waals surface area contributed by atoms with E-state index < -0.39 is 17.8 Å². The van der Waals surface area contributed by atoms with Gasteiger partial charge in [0.1, 0.15) is 5.75 Å². The van der Waals surface area contributed by atoms with E-state index in [1.165, 1.54) is 12.1 Å². The number of rotatable bonds is 5. The van der Waals surface area contributed by atoms with Gasteiger partial charge in [0.15, 0.2) is 11.6 Å². The highest BCUT2D eigenvalue weighted by Gasteiger charge is 2.25. The standard InChI is InChI=1S/C18H18ClFN2O3/c19-13-2-4-14(5-3-13)25-17-6-1-11(7-15(17)20)18(24)22-9-12-8-21-10-16(12)23/h1-7,12,16,21,23H,8-10H2,(H,22,24). The Hall–Kier alpha value is -2.15. The van der Waals surface area contributed by atoms with Crippen molar-refractivity contribution in [2.45, 2.75) is 6.10 Å². The molecule has 0 spiro atoms. The molecule has 132 valence electrons. The minimum atomic E-state index is -0.634. The molecule has 2 aromatic carbocycles. The molecule has 2 atom stereocenters. The number of nitrogens with one attached hydrogen (secondary N) is 2. The van der Waals surface area contributed by atoms with Gasteiger partial charge in [0, 0.05) is 36.1 Å². The predicted molar refractivity (Wildman–Crippen MR) is 92.6 cm³/mol. The van der Waals surface area contributed by atoms with Crippen molar-refractivity contribution in [2.75, 3.05) is 19.6 Å². The Morgan fingerprint density at radius 3 is 2.68 bits per heavy atom. The van der Waals surface area contributed by atoms with Gasteiger partial charge in [-0.1, -0.05) is 11.6 Å².